The molecule has 0 aliphatic carbocycles. The van der Waals surface area contributed by atoms with E-state index >= 15 is 0 Å². The molecule has 0 radical (unpaired) electrons. The summed E-state index contributed by atoms with van der Waals surface area (Å²) in [6.45, 7) is 5.24. The lowest BCUT2D eigenvalue weighted by Gasteiger charge is -2.23. The van der Waals surface area contributed by atoms with Gasteiger partial charge >= 0.3 is 11.9 Å². The zero-order valence-corrected chi connectivity index (χ0v) is 13.6. The van der Waals surface area contributed by atoms with Gasteiger partial charge in [-0.3, -0.25) is 14.5 Å². The van der Waals surface area contributed by atoms with Gasteiger partial charge in [0.15, 0.2) is 6.04 Å². The van der Waals surface area contributed by atoms with E-state index in [1.807, 2.05) is 0 Å². The number of methoxy groups -OCH3 is 2. The summed E-state index contributed by atoms with van der Waals surface area (Å²) in [6, 6.07) is -1.62. The second-order valence-corrected chi connectivity index (χ2v) is 5.61. The number of carbonyl (C=O) groups is 4. The third-order valence-corrected chi connectivity index (χ3v) is 2.72. The lowest BCUT2D eigenvalue weighted by molar-refractivity contribution is -0.155. The number of aliphatic imine (C=N–C) groups is 1. The molecule has 0 aromatic carbocycles. The first-order valence-corrected chi connectivity index (χ1v) is 6.68. The van der Waals surface area contributed by atoms with Gasteiger partial charge in [0.25, 0.3) is 11.8 Å². The fourth-order valence-electron chi connectivity index (χ4n) is 1.69. The molecule has 1 atom stereocenters. The van der Waals surface area contributed by atoms with E-state index in [4.69, 9.17) is 0 Å². The number of hydrogen-bond acceptors (Lipinski definition) is 7. The molecule has 0 saturated carbocycles. The predicted octanol–water partition coefficient (Wildman–Crippen LogP) is 0.0206. The summed E-state index contributed by atoms with van der Waals surface area (Å²) < 4.78 is 9.21. The Balaban J connectivity index is 3.49. The predicted molar refractivity (Wildman–Crippen MR) is 79.5 cm³/mol. The Morgan fingerprint density at radius 3 is 2.04 bits per heavy atom. The van der Waals surface area contributed by atoms with Gasteiger partial charge in [0.05, 0.1) is 19.8 Å². The lowest BCUT2D eigenvalue weighted by Crippen LogP contribution is -2.48. The number of ether oxygens (including phenoxy) is 2. The molecule has 0 saturated heterocycles. The second-order valence-electron chi connectivity index (χ2n) is 5.61. The Hall–Kier alpha value is -2.73. The van der Waals surface area contributed by atoms with Crippen LogP contribution in [0.5, 0.6) is 0 Å². The highest BCUT2D eigenvalue weighted by molar-refractivity contribution is 6.17. The summed E-state index contributed by atoms with van der Waals surface area (Å²) >= 11 is 0. The van der Waals surface area contributed by atoms with Crippen molar-refractivity contribution in [1.82, 2.24) is 4.90 Å². The van der Waals surface area contributed by atoms with Crippen molar-refractivity contribution in [2.75, 3.05) is 14.2 Å². The van der Waals surface area contributed by atoms with E-state index in [1.165, 1.54) is 0 Å². The van der Waals surface area contributed by atoms with Gasteiger partial charge in [-0.25, -0.2) is 14.6 Å². The van der Waals surface area contributed by atoms with Crippen LogP contribution in [0.1, 0.15) is 20.8 Å². The topological polar surface area (TPSA) is 102 Å². The average molecular weight is 322 g/mol. The lowest BCUT2D eigenvalue weighted by atomic mass is 10.1. The molecule has 0 N–H and O–H groups in total. The number of nitrogens with zero attached hydrogens (tertiary/aromatic N) is 2. The molecular weight excluding hydrogens is 304 g/mol. The summed E-state index contributed by atoms with van der Waals surface area (Å²) in [5.41, 5.74) is -0.989. The molecule has 1 heterocycles. The highest BCUT2D eigenvalue weighted by atomic mass is 16.5. The van der Waals surface area contributed by atoms with Crippen molar-refractivity contribution in [1.29, 1.82) is 0 Å². The zero-order chi connectivity index (χ0) is 17.8. The summed E-state index contributed by atoms with van der Waals surface area (Å²) in [4.78, 5) is 52.4. The molecule has 124 valence electrons. The smallest absolute Gasteiger partial charge is 0.346 e. The summed E-state index contributed by atoms with van der Waals surface area (Å²) in [6.07, 6.45) is 1.99. The molecular formula is C15H18N2O6. The van der Waals surface area contributed by atoms with Crippen LogP contribution >= 0.6 is 0 Å². The van der Waals surface area contributed by atoms with Gasteiger partial charge in [0, 0.05) is 12.2 Å². The second kappa shape index (κ2) is 7.02. The Morgan fingerprint density at radius 1 is 1.13 bits per heavy atom. The number of amides is 2. The van der Waals surface area contributed by atoms with Crippen molar-refractivity contribution in [2.24, 2.45) is 4.99 Å². The van der Waals surface area contributed by atoms with E-state index in [-0.39, 0.29) is 5.57 Å². The first kappa shape index (κ1) is 18.3. The molecule has 1 rings (SSSR count). The molecule has 8 nitrogen and oxygen atoms in total. The molecule has 1 aliphatic heterocycles. The van der Waals surface area contributed by atoms with Crippen LogP contribution in [0.25, 0.3) is 0 Å². The van der Waals surface area contributed by atoms with Crippen LogP contribution in [-0.4, -0.2) is 60.3 Å². The van der Waals surface area contributed by atoms with Crippen molar-refractivity contribution in [3.63, 3.8) is 0 Å². The van der Waals surface area contributed by atoms with Crippen LogP contribution in [0, 0.1) is 0 Å². The number of hydrogen-bond donors (Lipinski definition) is 0. The first-order valence-electron chi connectivity index (χ1n) is 6.68. The largest absolute Gasteiger partial charge is 0.467 e. The number of rotatable bonds is 4. The Bertz CT molecular complexity index is 617. The van der Waals surface area contributed by atoms with E-state index in [2.05, 4.69) is 20.3 Å². The summed E-state index contributed by atoms with van der Waals surface area (Å²) in [5, 5.41) is 0. The van der Waals surface area contributed by atoms with Crippen molar-refractivity contribution >= 4 is 29.6 Å². The van der Waals surface area contributed by atoms with Gasteiger partial charge in [-0.1, -0.05) is 0 Å². The van der Waals surface area contributed by atoms with E-state index in [1.54, 1.807) is 20.8 Å². The molecule has 8 heteroatoms. The van der Waals surface area contributed by atoms with Crippen molar-refractivity contribution in [3.8, 4) is 0 Å². The van der Waals surface area contributed by atoms with Crippen LogP contribution in [0.2, 0.25) is 0 Å². The summed E-state index contributed by atoms with van der Waals surface area (Å²) in [5.74, 6) is -0.979. The molecule has 0 bridgehead atoms. The fraction of sp³-hybridized carbons (Fsp3) is 0.467. The van der Waals surface area contributed by atoms with Crippen LogP contribution in [-0.2, 0) is 28.7 Å². The quantitative estimate of drug-likeness (QED) is 0.313. The highest BCUT2D eigenvalue weighted by Gasteiger charge is 2.42. The molecule has 2 amide bonds. The third-order valence-electron chi connectivity index (χ3n) is 2.72. The molecule has 0 fully saturated rings. The van der Waals surface area contributed by atoms with Crippen LogP contribution in [0.4, 0.5) is 0 Å². The minimum atomic E-state index is -1.62. The zero-order valence-electron chi connectivity index (χ0n) is 13.6. The highest BCUT2D eigenvalue weighted by Crippen LogP contribution is 2.18. The Kier molecular flexibility index (Phi) is 5.59. The van der Waals surface area contributed by atoms with Crippen LogP contribution in [0.3, 0.4) is 0 Å². The maximum Gasteiger partial charge on any atom is 0.346 e. The number of imide groups is 1. The minimum absolute atomic E-state index is 0.389. The van der Waals surface area contributed by atoms with E-state index in [9.17, 15) is 19.2 Å². The van der Waals surface area contributed by atoms with Crippen LogP contribution < -0.4 is 0 Å². The average Bonchev–Trinajstić information content (AvgIpc) is 2.80. The van der Waals surface area contributed by atoms with Gasteiger partial charge < -0.3 is 9.47 Å². The molecule has 0 aromatic rings. The van der Waals surface area contributed by atoms with E-state index in [0.717, 1.165) is 26.4 Å². The van der Waals surface area contributed by atoms with Gasteiger partial charge in [0.2, 0.25) is 0 Å². The Morgan fingerprint density at radius 2 is 1.65 bits per heavy atom. The SMILES string of the molecule is COC(=O)C(=C=NC(C)(C)C)C(C(=O)OC)N1C(=O)C=CC1=O. The molecule has 0 spiro atoms. The molecule has 1 aliphatic rings. The fourth-order valence-corrected chi connectivity index (χ4v) is 1.69. The van der Waals surface area contributed by atoms with E-state index in [0.29, 0.717) is 4.90 Å². The van der Waals surface area contributed by atoms with E-state index < -0.39 is 35.3 Å². The maximum absolute atomic E-state index is 12.1. The number of esters is 2. The first-order chi connectivity index (χ1) is 10.6. The van der Waals surface area contributed by atoms with Gasteiger partial charge in [0.1, 0.15) is 5.57 Å². The Labute approximate surface area is 133 Å². The molecule has 1 unspecified atom stereocenters. The standard InChI is InChI=1S/C15H18N2O6/c1-15(2,3)16-8-9(13(20)22-4)12(14(21)23-5)17-10(18)6-7-11(17)19/h6-7,12H,1-5H3. The van der Waals surface area contributed by atoms with Gasteiger partial charge in [-0.05, 0) is 26.6 Å². The van der Waals surface area contributed by atoms with Crippen molar-refractivity contribution in [3.05, 3.63) is 17.7 Å². The normalized spacial score (nSPS) is 15.1. The molecule has 23 heavy (non-hydrogen) atoms. The number of carbonyl (C=O) groups excluding carboxylic acids is 4. The monoisotopic (exact) mass is 322 g/mol. The summed E-state index contributed by atoms with van der Waals surface area (Å²) in [7, 11) is 2.17. The minimum Gasteiger partial charge on any atom is -0.467 e. The van der Waals surface area contributed by atoms with Crippen LogP contribution in [0.15, 0.2) is 22.7 Å². The maximum atomic E-state index is 12.1. The van der Waals surface area contributed by atoms with Gasteiger partial charge in [-0.15, -0.1) is 0 Å². The van der Waals surface area contributed by atoms with Crippen molar-refractivity contribution < 1.29 is 28.7 Å². The van der Waals surface area contributed by atoms with Gasteiger partial charge in [-0.2, -0.15) is 0 Å². The molecule has 0 aromatic heterocycles. The third kappa shape index (κ3) is 4.37. The van der Waals surface area contributed by atoms with Crippen molar-refractivity contribution in [2.45, 2.75) is 32.4 Å².